The highest BCUT2D eigenvalue weighted by Gasteiger charge is 2.74. The monoisotopic (exact) mass is 703 g/mol. The number of carbonyl (C=O) groups excluding carboxylic acids is 1. The van der Waals surface area contributed by atoms with Gasteiger partial charge in [0.25, 0.3) is 0 Å². The zero-order valence-electron chi connectivity index (χ0n) is 23.2. The molecule has 5 rings (SSSR count). The number of nitrogens with zero attached hydrogens (tertiary/aromatic N) is 1. The van der Waals surface area contributed by atoms with Gasteiger partial charge in [0, 0.05) is 18.0 Å². The van der Waals surface area contributed by atoms with Crippen LogP contribution in [0.4, 0.5) is 30.7 Å². The molecular weight excluding hydrogens is 678 g/mol. The lowest BCUT2D eigenvalue weighted by atomic mass is 9.76. The molecule has 0 bridgehead atoms. The van der Waals surface area contributed by atoms with E-state index in [9.17, 15) is 49.5 Å². The van der Waals surface area contributed by atoms with Crippen molar-refractivity contribution in [2.75, 3.05) is 6.54 Å². The summed E-state index contributed by atoms with van der Waals surface area (Å²) in [7, 11) is -4.59. The summed E-state index contributed by atoms with van der Waals surface area (Å²) in [5.41, 5.74) is -7.80. The fourth-order valence-corrected chi connectivity index (χ4v) is 9.93. The third-order valence-corrected chi connectivity index (χ3v) is 12.7. The second-order valence-corrected chi connectivity index (χ2v) is 14.7. The highest BCUT2D eigenvalue weighted by Crippen LogP contribution is 2.57. The van der Waals surface area contributed by atoms with Crippen molar-refractivity contribution in [3.8, 4) is 0 Å². The number of sulfone groups is 1. The van der Waals surface area contributed by atoms with E-state index in [-0.39, 0.29) is 77.6 Å². The Morgan fingerprint density at radius 3 is 2.00 bits per heavy atom. The average Bonchev–Trinajstić information content (AvgIpc) is 3.38. The fourth-order valence-electron chi connectivity index (χ4n) is 7.17. The summed E-state index contributed by atoms with van der Waals surface area (Å²) < 4.78 is 124. The Kier molecular flexibility index (Phi) is 8.47. The van der Waals surface area contributed by atoms with Gasteiger partial charge in [-0.25, -0.2) is 12.8 Å². The third-order valence-electron chi connectivity index (χ3n) is 9.46. The minimum Gasteiger partial charge on any atom is -0.481 e. The number of benzene rings is 2. The van der Waals surface area contributed by atoms with Crippen molar-refractivity contribution >= 4 is 44.9 Å². The van der Waals surface area contributed by atoms with Crippen LogP contribution in [0.1, 0.15) is 55.2 Å². The van der Waals surface area contributed by atoms with E-state index in [1.54, 1.807) is 0 Å². The minimum absolute atomic E-state index is 0.0251. The van der Waals surface area contributed by atoms with Gasteiger partial charge in [-0.05, 0) is 74.3 Å². The molecule has 2 fully saturated rings. The summed E-state index contributed by atoms with van der Waals surface area (Å²) in [6.07, 6.45) is -12.4. The molecule has 246 valence electrons. The van der Waals surface area contributed by atoms with Crippen LogP contribution in [0.15, 0.2) is 41.3 Å². The number of carbonyl (C=O) groups is 2. The predicted octanol–water partition coefficient (Wildman–Crippen LogP) is 7.39. The smallest absolute Gasteiger partial charge is 0.435 e. The Morgan fingerprint density at radius 1 is 0.844 bits per heavy atom. The minimum atomic E-state index is -6.36. The van der Waals surface area contributed by atoms with Crippen LogP contribution in [-0.4, -0.2) is 55.2 Å². The molecule has 16 heteroatoms. The normalized spacial score (nSPS) is 25.9. The van der Waals surface area contributed by atoms with Crippen LogP contribution in [0.3, 0.4) is 0 Å². The molecule has 0 spiro atoms. The van der Waals surface area contributed by atoms with Crippen molar-refractivity contribution in [2.24, 2.45) is 11.8 Å². The third kappa shape index (κ3) is 5.18. The number of rotatable bonds is 5. The predicted molar refractivity (Wildman–Crippen MR) is 148 cm³/mol. The maximum Gasteiger partial charge on any atom is 0.435 e. The molecule has 1 aliphatic heterocycles. The van der Waals surface area contributed by atoms with Gasteiger partial charge in [-0.1, -0.05) is 41.4 Å². The van der Waals surface area contributed by atoms with Gasteiger partial charge in [0.1, 0.15) is 4.75 Å². The second kappa shape index (κ2) is 11.3. The summed E-state index contributed by atoms with van der Waals surface area (Å²) in [6.45, 7) is -0.109. The molecule has 3 aliphatic rings. The Balaban J connectivity index is 1.64. The van der Waals surface area contributed by atoms with Gasteiger partial charge in [0.15, 0.2) is 9.84 Å². The molecule has 2 aliphatic carbocycles. The first-order chi connectivity index (χ1) is 20.8. The van der Waals surface area contributed by atoms with E-state index in [0.29, 0.717) is 12.1 Å². The summed E-state index contributed by atoms with van der Waals surface area (Å²) in [5.74, 6) is -2.61. The zero-order chi connectivity index (χ0) is 33.3. The van der Waals surface area contributed by atoms with Crippen LogP contribution in [0, 0.1) is 11.8 Å². The van der Waals surface area contributed by atoms with E-state index in [0.717, 1.165) is 18.2 Å². The molecule has 1 saturated carbocycles. The Bertz CT molecular complexity index is 1630. The first kappa shape index (κ1) is 33.8. The molecule has 2 unspecified atom stereocenters. The van der Waals surface area contributed by atoms with Crippen LogP contribution in [-0.2, 0) is 36.3 Å². The van der Waals surface area contributed by atoms with E-state index in [2.05, 4.69) is 0 Å². The molecule has 1 heterocycles. The van der Waals surface area contributed by atoms with Crippen molar-refractivity contribution in [1.29, 1.82) is 0 Å². The van der Waals surface area contributed by atoms with Gasteiger partial charge in [0.05, 0.1) is 26.9 Å². The molecule has 0 aromatic heterocycles. The zero-order valence-corrected chi connectivity index (χ0v) is 25.5. The maximum atomic E-state index is 15.0. The SMILES string of the molecule is O=C(O)[C@H]1CC[C@H](C(=O)N2CCC3(S(=O)(=O)c4ccc(Cl)c(Cl)c4)c4ccc(C(F)(C(F)(F)F)C(F)(F)F)cc4CCC23)CC1. The van der Waals surface area contributed by atoms with Crippen molar-refractivity contribution in [2.45, 2.75) is 78.7 Å². The van der Waals surface area contributed by atoms with Gasteiger partial charge in [-0.3, -0.25) is 9.59 Å². The molecule has 2 atom stereocenters. The van der Waals surface area contributed by atoms with E-state index in [4.69, 9.17) is 23.2 Å². The second-order valence-electron chi connectivity index (χ2n) is 11.7. The van der Waals surface area contributed by atoms with Crippen molar-refractivity contribution in [1.82, 2.24) is 4.90 Å². The first-order valence-corrected chi connectivity index (χ1v) is 16.2. The molecule has 1 amide bonds. The molecular formula is C29H26Cl2F7NO5S. The number of halogens is 9. The number of amides is 1. The van der Waals surface area contributed by atoms with Crippen molar-refractivity contribution in [3.05, 3.63) is 63.1 Å². The van der Waals surface area contributed by atoms with E-state index in [1.165, 1.54) is 11.0 Å². The molecule has 0 radical (unpaired) electrons. The largest absolute Gasteiger partial charge is 0.481 e. The fraction of sp³-hybridized carbons (Fsp3) is 0.517. The molecule has 2 aromatic rings. The lowest BCUT2D eigenvalue weighted by molar-refractivity contribution is -0.348. The highest BCUT2D eigenvalue weighted by atomic mass is 35.5. The van der Waals surface area contributed by atoms with Crippen LogP contribution >= 0.6 is 23.2 Å². The van der Waals surface area contributed by atoms with Crippen LogP contribution in [0.5, 0.6) is 0 Å². The molecule has 2 aromatic carbocycles. The standard InChI is InChI=1S/C29H26Cl2F7NO5S/c30-21-9-7-19(14-22(21)31)45(43,44)26-11-12-39(24(40)15-1-3-16(4-2-15)25(41)42)23(26)10-5-17-13-18(6-8-20(17)26)27(32,28(33,34)35)29(36,37)38/h6-9,13-16,23H,1-5,10-12H2,(H,41,42)/t15-,16-,23?,26?. The van der Waals surface area contributed by atoms with Gasteiger partial charge in [0.2, 0.25) is 5.91 Å². The number of fused-ring (bicyclic) bond motifs is 3. The topological polar surface area (TPSA) is 91.8 Å². The lowest BCUT2D eigenvalue weighted by Gasteiger charge is -2.44. The molecule has 6 nitrogen and oxygen atoms in total. The van der Waals surface area contributed by atoms with E-state index < -0.39 is 67.9 Å². The lowest BCUT2D eigenvalue weighted by Crippen LogP contribution is -2.53. The number of carboxylic acid groups (broad SMARTS) is 1. The molecule has 1 saturated heterocycles. The van der Waals surface area contributed by atoms with E-state index in [1.807, 2.05) is 0 Å². The number of aryl methyl sites for hydroxylation is 1. The number of hydrogen-bond acceptors (Lipinski definition) is 4. The van der Waals surface area contributed by atoms with Crippen LogP contribution < -0.4 is 0 Å². The molecule has 1 N–H and O–H groups in total. The summed E-state index contributed by atoms with van der Waals surface area (Å²) in [6, 6.07) is 3.87. The number of likely N-dealkylation sites (tertiary alicyclic amines) is 1. The number of aliphatic carboxylic acids is 1. The van der Waals surface area contributed by atoms with Gasteiger partial charge < -0.3 is 10.0 Å². The van der Waals surface area contributed by atoms with Crippen LogP contribution in [0.25, 0.3) is 0 Å². The highest BCUT2D eigenvalue weighted by molar-refractivity contribution is 7.92. The maximum absolute atomic E-state index is 15.0. The van der Waals surface area contributed by atoms with Gasteiger partial charge >= 0.3 is 24.0 Å². The summed E-state index contributed by atoms with van der Waals surface area (Å²) in [5, 5.41) is 9.22. The van der Waals surface area contributed by atoms with Crippen molar-refractivity contribution in [3.63, 3.8) is 0 Å². The summed E-state index contributed by atoms with van der Waals surface area (Å²) >= 11 is 12.1. The average molecular weight is 704 g/mol. The quantitative estimate of drug-likeness (QED) is 0.328. The van der Waals surface area contributed by atoms with Crippen molar-refractivity contribution < 1.29 is 53.8 Å². The van der Waals surface area contributed by atoms with E-state index >= 15 is 4.39 Å². The Morgan fingerprint density at radius 2 is 1.44 bits per heavy atom. The number of hydrogen-bond donors (Lipinski definition) is 1. The summed E-state index contributed by atoms with van der Waals surface area (Å²) in [4.78, 5) is 26.2. The van der Waals surface area contributed by atoms with Crippen LogP contribution in [0.2, 0.25) is 10.0 Å². The van der Waals surface area contributed by atoms with Gasteiger partial charge in [-0.15, -0.1) is 0 Å². The Hall–Kier alpha value is -2.58. The molecule has 45 heavy (non-hydrogen) atoms. The van der Waals surface area contributed by atoms with Gasteiger partial charge in [-0.2, -0.15) is 26.3 Å². The Labute approximate surface area is 263 Å². The number of alkyl halides is 7. The number of carboxylic acids is 1. The first-order valence-electron chi connectivity index (χ1n) is 14.0.